The molecule has 63 heavy (non-hydrogen) atoms. The van der Waals surface area contributed by atoms with Crippen LogP contribution in [0.15, 0.2) is 10.8 Å². The third-order valence-electron chi connectivity index (χ3n) is 8.00. The van der Waals surface area contributed by atoms with Gasteiger partial charge in [0, 0.05) is 17.9 Å². The van der Waals surface area contributed by atoms with Crippen LogP contribution in [0, 0.1) is 0 Å². The van der Waals surface area contributed by atoms with Gasteiger partial charge in [-0.25, -0.2) is 0 Å². The molecule has 1 aliphatic rings. The van der Waals surface area contributed by atoms with Crippen LogP contribution in [-0.4, -0.2) is 251 Å². The normalized spacial score (nSPS) is 13.7. The molecule has 2 heterocycles. The molecule has 0 fully saturated rings. The van der Waals surface area contributed by atoms with E-state index in [-0.39, 0.29) is 6.10 Å². The van der Waals surface area contributed by atoms with Gasteiger partial charge >= 0.3 is 0 Å². The fourth-order valence-corrected chi connectivity index (χ4v) is 5.49. The van der Waals surface area contributed by atoms with Crippen LogP contribution in [0.4, 0.5) is 0 Å². The van der Waals surface area contributed by atoms with E-state index in [4.69, 9.17) is 94.7 Å². The number of rotatable bonds is 53. The molecule has 372 valence electrons. The summed E-state index contributed by atoms with van der Waals surface area (Å²) in [5.41, 5.74) is 0. The van der Waals surface area contributed by atoms with Crippen LogP contribution < -0.4 is 9.47 Å². The maximum absolute atomic E-state index is 5.81. The van der Waals surface area contributed by atoms with Crippen LogP contribution in [0.3, 0.4) is 0 Å². The van der Waals surface area contributed by atoms with Crippen molar-refractivity contribution in [2.45, 2.75) is 6.10 Å². The number of methoxy groups -OCH3 is 1. The maximum atomic E-state index is 5.81. The van der Waals surface area contributed by atoms with Gasteiger partial charge in [0.25, 0.3) is 0 Å². The molecule has 0 radical (unpaired) electrons. The summed E-state index contributed by atoms with van der Waals surface area (Å²) < 4.78 is 110. The quantitative estimate of drug-likeness (QED) is 0.0862. The van der Waals surface area contributed by atoms with Gasteiger partial charge < -0.3 is 94.7 Å². The number of thiophene rings is 1. The first kappa shape index (κ1) is 57.7. The van der Waals surface area contributed by atoms with Crippen LogP contribution >= 0.6 is 11.3 Å². The fraction of sp³-hybridized carbons (Fsp3) is 0.905. The summed E-state index contributed by atoms with van der Waals surface area (Å²) in [4.78, 5) is 0. The standard InChI is InChI=1S/C42H78O20S/c1-43-2-3-44-4-5-45-6-7-46-8-9-47-10-11-48-12-13-49-14-15-50-16-17-51-18-19-52-20-21-53-22-23-54-24-25-55-26-27-56-28-29-57-30-31-58-32-33-59-34-35-60-36-40-37-61-41-38-63-39-42(41)62-40/h38-40H,2-37H2,1H3. The molecule has 1 aliphatic heterocycles. The Morgan fingerprint density at radius 3 is 0.810 bits per heavy atom. The molecule has 2 rings (SSSR count). The SMILES string of the molecule is COCCOCCOCCOCCOCCOCCOCCOCCOCCOCCOCCOCCOCCOCCOCCOCCOCCOCC1COc2cscc2O1. The summed E-state index contributed by atoms with van der Waals surface area (Å²) in [6, 6.07) is 0. The largest absolute Gasteiger partial charge is 0.485 e. The van der Waals surface area contributed by atoms with E-state index in [1.165, 1.54) is 0 Å². The summed E-state index contributed by atoms with van der Waals surface area (Å²) in [5.74, 6) is 1.60. The highest BCUT2D eigenvalue weighted by molar-refractivity contribution is 7.08. The van der Waals surface area contributed by atoms with Gasteiger partial charge in [0.05, 0.1) is 231 Å². The van der Waals surface area contributed by atoms with Gasteiger partial charge in [-0.05, 0) is 0 Å². The lowest BCUT2D eigenvalue weighted by atomic mass is 10.3. The van der Waals surface area contributed by atoms with Gasteiger partial charge in [-0.1, -0.05) is 0 Å². The fourth-order valence-electron chi connectivity index (χ4n) is 4.82. The molecule has 0 aliphatic carbocycles. The van der Waals surface area contributed by atoms with Crippen molar-refractivity contribution in [2.75, 3.05) is 245 Å². The van der Waals surface area contributed by atoms with E-state index in [0.29, 0.717) is 238 Å². The molecular weight excluding hydrogens is 857 g/mol. The second-order valence-electron chi connectivity index (χ2n) is 13.0. The summed E-state index contributed by atoms with van der Waals surface area (Å²) in [5, 5.41) is 3.87. The van der Waals surface area contributed by atoms with E-state index in [1.807, 2.05) is 10.8 Å². The van der Waals surface area contributed by atoms with Gasteiger partial charge in [-0.15, -0.1) is 11.3 Å². The highest BCUT2D eigenvalue weighted by Gasteiger charge is 2.21. The molecule has 0 amide bonds. The first-order valence-corrected chi connectivity index (χ1v) is 23.0. The van der Waals surface area contributed by atoms with E-state index in [2.05, 4.69) is 0 Å². The second kappa shape index (κ2) is 48.5. The molecule has 1 aromatic rings. The lowest BCUT2D eigenvalue weighted by molar-refractivity contribution is -0.0325. The van der Waals surface area contributed by atoms with Crippen molar-refractivity contribution in [1.82, 2.24) is 0 Å². The van der Waals surface area contributed by atoms with Crippen LogP contribution in [0.25, 0.3) is 0 Å². The average molecular weight is 935 g/mol. The van der Waals surface area contributed by atoms with E-state index >= 15 is 0 Å². The first-order chi connectivity index (χ1) is 31.4. The van der Waals surface area contributed by atoms with Crippen molar-refractivity contribution in [2.24, 2.45) is 0 Å². The van der Waals surface area contributed by atoms with Crippen molar-refractivity contribution in [3.05, 3.63) is 10.8 Å². The molecule has 1 atom stereocenters. The molecule has 0 bridgehead atoms. The molecular formula is C42H78O20S. The Morgan fingerprint density at radius 2 is 0.556 bits per heavy atom. The summed E-state index contributed by atoms with van der Waals surface area (Å²) in [7, 11) is 1.64. The van der Waals surface area contributed by atoms with Gasteiger partial charge in [0.15, 0.2) is 17.6 Å². The molecule has 21 heteroatoms. The summed E-state index contributed by atoms with van der Waals surface area (Å²) in [6.07, 6.45) is -0.0951. The number of fused-ring (bicyclic) bond motifs is 1. The molecule has 20 nitrogen and oxygen atoms in total. The highest BCUT2D eigenvalue weighted by atomic mass is 32.1. The molecule has 0 N–H and O–H groups in total. The first-order valence-electron chi connectivity index (χ1n) is 22.1. The minimum atomic E-state index is -0.0951. The molecule has 1 unspecified atom stereocenters. The Labute approximate surface area is 378 Å². The van der Waals surface area contributed by atoms with Crippen LogP contribution in [-0.2, 0) is 85.3 Å². The Morgan fingerprint density at radius 1 is 0.333 bits per heavy atom. The summed E-state index contributed by atoms with van der Waals surface area (Å²) >= 11 is 1.56. The molecule has 1 aromatic heterocycles. The van der Waals surface area contributed by atoms with Gasteiger partial charge in [0.1, 0.15) is 6.61 Å². The number of hydrogen-bond acceptors (Lipinski definition) is 21. The van der Waals surface area contributed by atoms with Crippen molar-refractivity contribution >= 4 is 11.3 Å². The van der Waals surface area contributed by atoms with Crippen molar-refractivity contribution < 1.29 is 94.7 Å². The van der Waals surface area contributed by atoms with Crippen molar-refractivity contribution in [1.29, 1.82) is 0 Å². The van der Waals surface area contributed by atoms with Crippen LogP contribution in [0.2, 0.25) is 0 Å². The Bertz CT molecular complexity index is 1030. The molecule has 0 saturated heterocycles. The third kappa shape index (κ3) is 40.6. The zero-order valence-corrected chi connectivity index (χ0v) is 38.6. The predicted octanol–water partition coefficient (Wildman–Crippen LogP) is 1.82. The zero-order valence-electron chi connectivity index (χ0n) is 37.8. The highest BCUT2D eigenvalue weighted by Crippen LogP contribution is 2.35. The zero-order chi connectivity index (χ0) is 44.5. The predicted molar refractivity (Wildman–Crippen MR) is 230 cm³/mol. The number of ether oxygens (including phenoxy) is 20. The average Bonchev–Trinajstić information content (AvgIpc) is 3.78. The Hall–Kier alpha value is -1.42. The van der Waals surface area contributed by atoms with E-state index in [9.17, 15) is 0 Å². The molecule has 0 spiro atoms. The van der Waals surface area contributed by atoms with Gasteiger partial charge in [-0.2, -0.15) is 0 Å². The second-order valence-corrected chi connectivity index (χ2v) is 13.8. The minimum Gasteiger partial charge on any atom is -0.485 e. The lowest BCUT2D eigenvalue weighted by Crippen LogP contribution is -2.33. The summed E-state index contributed by atoms with van der Waals surface area (Å²) in [6.45, 7) is 18.2. The Kier molecular flexibility index (Phi) is 44.4. The van der Waals surface area contributed by atoms with Crippen molar-refractivity contribution in [3.63, 3.8) is 0 Å². The molecule has 0 aromatic carbocycles. The van der Waals surface area contributed by atoms with E-state index in [1.54, 1.807) is 18.4 Å². The topological polar surface area (TPSA) is 185 Å². The minimum absolute atomic E-state index is 0.0951. The maximum Gasteiger partial charge on any atom is 0.172 e. The van der Waals surface area contributed by atoms with E-state index in [0.717, 1.165) is 11.5 Å². The lowest BCUT2D eigenvalue weighted by Gasteiger charge is -2.24. The smallest absolute Gasteiger partial charge is 0.172 e. The van der Waals surface area contributed by atoms with E-state index < -0.39 is 0 Å². The Balaban J connectivity index is 1.10. The van der Waals surface area contributed by atoms with Crippen LogP contribution in [0.5, 0.6) is 11.5 Å². The number of hydrogen-bond donors (Lipinski definition) is 0. The third-order valence-corrected chi connectivity index (χ3v) is 8.70. The monoisotopic (exact) mass is 934 g/mol. The molecule has 0 saturated carbocycles. The van der Waals surface area contributed by atoms with Gasteiger partial charge in [0.2, 0.25) is 0 Å². The van der Waals surface area contributed by atoms with Gasteiger partial charge in [-0.3, -0.25) is 0 Å². The van der Waals surface area contributed by atoms with Crippen LogP contribution in [0.1, 0.15) is 0 Å². The van der Waals surface area contributed by atoms with Crippen molar-refractivity contribution in [3.8, 4) is 11.5 Å².